The van der Waals surface area contributed by atoms with Gasteiger partial charge in [-0.15, -0.1) is 0 Å². The van der Waals surface area contributed by atoms with Crippen LogP contribution in [0.4, 0.5) is 0 Å². The maximum Gasteiger partial charge on any atom is 0.220 e. The summed E-state index contributed by atoms with van der Waals surface area (Å²) in [6.07, 6.45) is 3.74. The van der Waals surface area contributed by atoms with Crippen molar-refractivity contribution in [2.75, 3.05) is 7.05 Å². The first-order valence-electron chi connectivity index (χ1n) is 6.44. The fraction of sp³-hybridized carbons (Fsp3) is 0.533. The second kappa shape index (κ2) is 7.10. The average Bonchev–Trinajstić information content (AvgIpc) is 2.36. The molecule has 1 aromatic carbocycles. The fourth-order valence-corrected chi connectivity index (χ4v) is 1.84. The molecule has 0 saturated carbocycles. The highest BCUT2D eigenvalue weighted by molar-refractivity contribution is 5.75. The van der Waals surface area contributed by atoms with Gasteiger partial charge < -0.3 is 5.32 Å². The molecule has 0 heterocycles. The third-order valence-corrected chi connectivity index (χ3v) is 3.19. The van der Waals surface area contributed by atoms with Crippen molar-refractivity contribution in [3.63, 3.8) is 0 Å². The van der Waals surface area contributed by atoms with Gasteiger partial charge in [-0.25, -0.2) is 0 Å². The Morgan fingerprint density at radius 2 is 2.06 bits per heavy atom. The summed E-state index contributed by atoms with van der Waals surface area (Å²) in [7, 11) is 1.68. The maximum atomic E-state index is 11.2. The molecule has 0 aromatic heterocycles. The molecule has 0 aliphatic rings. The third kappa shape index (κ3) is 5.03. The summed E-state index contributed by atoms with van der Waals surface area (Å²) in [4.78, 5) is 11.2. The SMILES string of the molecule is CCC(C)Cc1cccc(CCC(=O)NC)c1. The van der Waals surface area contributed by atoms with Crippen LogP contribution >= 0.6 is 0 Å². The van der Waals surface area contributed by atoms with Crippen LogP contribution in [-0.2, 0) is 17.6 Å². The highest BCUT2D eigenvalue weighted by atomic mass is 16.1. The molecule has 0 radical (unpaired) electrons. The minimum absolute atomic E-state index is 0.109. The van der Waals surface area contributed by atoms with Crippen LogP contribution in [0.3, 0.4) is 0 Å². The zero-order valence-electron chi connectivity index (χ0n) is 11.1. The third-order valence-electron chi connectivity index (χ3n) is 3.19. The Morgan fingerprint density at radius 3 is 2.71 bits per heavy atom. The lowest BCUT2D eigenvalue weighted by Crippen LogP contribution is -2.17. The van der Waals surface area contributed by atoms with Crippen LogP contribution in [-0.4, -0.2) is 13.0 Å². The summed E-state index contributed by atoms with van der Waals surface area (Å²) in [5, 5.41) is 2.65. The van der Waals surface area contributed by atoms with Gasteiger partial charge in [-0.1, -0.05) is 44.5 Å². The molecule has 2 nitrogen and oxygen atoms in total. The van der Waals surface area contributed by atoms with Crippen molar-refractivity contribution < 1.29 is 4.79 Å². The number of hydrogen-bond donors (Lipinski definition) is 1. The number of aryl methyl sites for hydroxylation is 1. The van der Waals surface area contributed by atoms with Gasteiger partial charge in [0.15, 0.2) is 0 Å². The second-order valence-corrected chi connectivity index (χ2v) is 4.71. The van der Waals surface area contributed by atoms with Crippen molar-refractivity contribution in [2.45, 2.75) is 39.5 Å². The molecule has 0 aliphatic heterocycles. The van der Waals surface area contributed by atoms with E-state index in [1.807, 2.05) is 0 Å². The molecular weight excluding hydrogens is 210 g/mol. The van der Waals surface area contributed by atoms with E-state index < -0.39 is 0 Å². The van der Waals surface area contributed by atoms with Crippen LogP contribution in [0.2, 0.25) is 0 Å². The van der Waals surface area contributed by atoms with E-state index in [0.717, 1.165) is 18.8 Å². The summed E-state index contributed by atoms with van der Waals surface area (Å²) < 4.78 is 0. The van der Waals surface area contributed by atoms with Crippen LogP contribution in [0.1, 0.15) is 37.8 Å². The molecule has 0 aliphatic carbocycles. The first kappa shape index (κ1) is 13.8. The van der Waals surface area contributed by atoms with Gasteiger partial charge in [0.05, 0.1) is 0 Å². The van der Waals surface area contributed by atoms with Crippen LogP contribution < -0.4 is 5.32 Å². The number of amides is 1. The number of rotatable bonds is 6. The van der Waals surface area contributed by atoms with Gasteiger partial charge in [0, 0.05) is 13.5 Å². The predicted octanol–water partition coefficient (Wildman–Crippen LogP) is 2.95. The first-order valence-corrected chi connectivity index (χ1v) is 6.44. The van der Waals surface area contributed by atoms with Crippen molar-refractivity contribution >= 4 is 5.91 Å². The van der Waals surface area contributed by atoms with Gasteiger partial charge in [-0.05, 0) is 29.9 Å². The fourth-order valence-electron chi connectivity index (χ4n) is 1.84. The van der Waals surface area contributed by atoms with Crippen LogP contribution in [0.5, 0.6) is 0 Å². The van der Waals surface area contributed by atoms with Gasteiger partial charge in [0.2, 0.25) is 5.91 Å². The lowest BCUT2D eigenvalue weighted by Gasteiger charge is -2.09. The van der Waals surface area contributed by atoms with E-state index in [1.54, 1.807) is 7.05 Å². The Hall–Kier alpha value is -1.31. The Kier molecular flexibility index (Phi) is 5.75. The summed E-state index contributed by atoms with van der Waals surface area (Å²) in [6, 6.07) is 8.60. The van der Waals surface area contributed by atoms with Gasteiger partial charge in [0.25, 0.3) is 0 Å². The molecule has 0 fully saturated rings. The lowest BCUT2D eigenvalue weighted by molar-refractivity contribution is -0.120. The first-order chi connectivity index (χ1) is 8.15. The second-order valence-electron chi connectivity index (χ2n) is 4.71. The molecule has 0 spiro atoms. The van der Waals surface area contributed by atoms with Crippen LogP contribution in [0.25, 0.3) is 0 Å². The molecular formula is C15H23NO. The minimum Gasteiger partial charge on any atom is -0.359 e. The van der Waals surface area contributed by atoms with E-state index in [2.05, 4.69) is 43.4 Å². The molecule has 1 rings (SSSR count). The Morgan fingerprint density at radius 1 is 1.35 bits per heavy atom. The highest BCUT2D eigenvalue weighted by Crippen LogP contribution is 2.14. The van der Waals surface area contributed by atoms with E-state index >= 15 is 0 Å². The van der Waals surface area contributed by atoms with Crippen molar-refractivity contribution in [1.82, 2.24) is 5.32 Å². The van der Waals surface area contributed by atoms with E-state index in [0.29, 0.717) is 6.42 Å². The quantitative estimate of drug-likeness (QED) is 0.804. The molecule has 17 heavy (non-hydrogen) atoms. The predicted molar refractivity (Wildman–Crippen MR) is 72.0 cm³/mol. The molecule has 0 saturated heterocycles. The van der Waals surface area contributed by atoms with E-state index in [9.17, 15) is 4.79 Å². The Labute approximate surface area is 104 Å². The van der Waals surface area contributed by atoms with E-state index in [4.69, 9.17) is 0 Å². The molecule has 94 valence electrons. The zero-order chi connectivity index (χ0) is 12.7. The summed E-state index contributed by atoms with van der Waals surface area (Å²) in [6.45, 7) is 4.50. The largest absolute Gasteiger partial charge is 0.359 e. The molecule has 2 heteroatoms. The normalized spacial score (nSPS) is 12.2. The van der Waals surface area contributed by atoms with Gasteiger partial charge >= 0.3 is 0 Å². The summed E-state index contributed by atoms with van der Waals surface area (Å²) in [5.74, 6) is 0.835. The van der Waals surface area contributed by atoms with Gasteiger partial charge in [0.1, 0.15) is 0 Å². The summed E-state index contributed by atoms with van der Waals surface area (Å²) >= 11 is 0. The lowest BCUT2D eigenvalue weighted by atomic mass is 9.96. The Bertz CT molecular complexity index is 360. The van der Waals surface area contributed by atoms with Crippen molar-refractivity contribution in [2.24, 2.45) is 5.92 Å². The Balaban J connectivity index is 2.56. The molecule has 1 aromatic rings. The molecule has 1 N–H and O–H groups in total. The monoisotopic (exact) mass is 233 g/mol. The number of hydrogen-bond acceptors (Lipinski definition) is 1. The number of carbonyl (C=O) groups excluding carboxylic acids is 1. The minimum atomic E-state index is 0.109. The number of benzene rings is 1. The van der Waals surface area contributed by atoms with E-state index in [-0.39, 0.29) is 5.91 Å². The number of nitrogens with one attached hydrogen (secondary N) is 1. The number of carbonyl (C=O) groups is 1. The standard InChI is InChI=1S/C15H23NO/c1-4-12(2)10-14-7-5-6-13(11-14)8-9-15(17)16-3/h5-7,11-12H,4,8-10H2,1-3H3,(H,16,17). The van der Waals surface area contributed by atoms with Gasteiger partial charge in [-0.3, -0.25) is 4.79 Å². The van der Waals surface area contributed by atoms with Crippen molar-refractivity contribution in [3.8, 4) is 0 Å². The summed E-state index contributed by atoms with van der Waals surface area (Å²) in [5.41, 5.74) is 2.64. The molecule has 0 bridgehead atoms. The molecule has 1 amide bonds. The van der Waals surface area contributed by atoms with Crippen LogP contribution in [0.15, 0.2) is 24.3 Å². The van der Waals surface area contributed by atoms with Crippen molar-refractivity contribution in [3.05, 3.63) is 35.4 Å². The molecule has 1 atom stereocenters. The van der Waals surface area contributed by atoms with Gasteiger partial charge in [-0.2, -0.15) is 0 Å². The maximum absolute atomic E-state index is 11.2. The highest BCUT2D eigenvalue weighted by Gasteiger charge is 2.03. The van der Waals surface area contributed by atoms with Crippen LogP contribution in [0, 0.1) is 5.92 Å². The topological polar surface area (TPSA) is 29.1 Å². The smallest absolute Gasteiger partial charge is 0.220 e. The van der Waals surface area contributed by atoms with Crippen molar-refractivity contribution in [1.29, 1.82) is 0 Å². The zero-order valence-corrected chi connectivity index (χ0v) is 11.1. The average molecular weight is 233 g/mol. The molecule has 1 unspecified atom stereocenters. The van der Waals surface area contributed by atoms with E-state index in [1.165, 1.54) is 17.5 Å².